The fourth-order valence-electron chi connectivity index (χ4n) is 5.34. The number of imidazole rings is 1. The van der Waals surface area contributed by atoms with Crippen LogP contribution < -0.4 is 10.6 Å². The summed E-state index contributed by atoms with van der Waals surface area (Å²) in [4.78, 5) is 33.8. The highest BCUT2D eigenvalue weighted by Crippen LogP contribution is 2.34. The minimum Gasteiger partial charge on any atom is -0.343 e. The summed E-state index contributed by atoms with van der Waals surface area (Å²) in [6, 6.07) is 7.78. The summed E-state index contributed by atoms with van der Waals surface area (Å²) in [7, 11) is 0. The third-order valence-corrected chi connectivity index (χ3v) is 7.21. The molecule has 3 aromatic rings. The maximum absolute atomic E-state index is 12.6. The Balaban J connectivity index is 1.17. The molecule has 0 bridgehead atoms. The van der Waals surface area contributed by atoms with Crippen molar-refractivity contribution in [3.63, 3.8) is 0 Å². The van der Waals surface area contributed by atoms with E-state index >= 15 is 0 Å². The molecule has 2 N–H and O–H groups in total. The molecule has 2 amide bonds. The van der Waals surface area contributed by atoms with Crippen molar-refractivity contribution < 1.29 is 14.1 Å². The van der Waals surface area contributed by atoms with Crippen LogP contribution in [0.3, 0.4) is 0 Å². The van der Waals surface area contributed by atoms with E-state index in [0.29, 0.717) is 18.1 Å². The Kier molecular flexibility index (Phi) is 7.16. The van der Waals surface area contributed by atoms with Gasteiger partial charge in [0.25, 0.3) is 0 Å². The molecule has 0 spiro atoms. The molecular formula is C27H34N6O3. The van der Waals surface area contributed by atoms with E-state index in [1.165, 1.54) is 19.8 Å². The maximum Gasteiger partial charge on any atom is 0.227 e. The van der Waals surface area contributed by atoms with E-state index < -0.39 is 5.54 Å². The summed E-state index contributed by atoms with van der Waals surface area (Å²) >= 11 is 0. The Hall–Kier alpha value is -3.49. The molecular weight excluding hydrogens is 456 g/mol. The fraction of sp³-hybridized carbons (Fsp3) is 0.519. The van der Waals surface area contributed by atoms with Crippen molar-refractivity contribution >= 4 is 17.5 Å². The van der Waals surface area contributed by atoms with Crippen LogP contribution in [0.1, 0.15) is 82.3 Å². The van der Waals surface area contributed by atoms with Gasteiger partial charge in [-0.3, -0.25) is 9.59 Å². The van der Waals surface area contributed by atoms with Crippen LogP contribution in [0.2, 0.25) is 0 Å². The van der Waals surface area contributed by atoms with Crippen LogP contribution in [0, 0.1) is 0 Å². The van der Waals surface area contributed by atoms with Crippen LogP contribution in [0.5, 0.6) is 0 Å². The highest BCUT2D eigenvalue weighted by Gasteiger charge is 2.38. The Bertz CT molecular complexity index is 1180. The van der Waals surface area contributed by atoms with Gasteiger partial charge in [-0.2, -0.15) is 4.98 Å². The number of hydrogen-bond donors (Lipinski definition) is 2. The number of hydrogen-bond acceptors (Lipinski definition) is 6. The molecule has 1 saturated carbocycles. The zero-order valence-electron chi connectivity index (χ0n) is 20.9. The number of amides is 2. The van der Waals surface area contributed by atoms with E-state index in [4.69, 9.17) is 9.51 Å². The molecule has 190 valence electrons. The number of nitrogens with zero attached hydrogens (tertiary/aromatic N) is 4. The number of rotatable bonds is 7. The minimum atomic E-state index is -0.581. The summed E-state index contributed by atoms with van der Waals surface area (Å²) in [6.07, 6.45) is 12.0. The molecule has 0 unspecified atom stereocenters. The van der Waals surface area contributed by atoms with Crippen molar-refractivity contribution in [2.45, 2.75) is 89.6 Å². The zero-order chi connectivity index (χ0) is 25.0. The first-order chi connectivity index (χ1) is 17.5. The van der Waals surface area contributed by atoms with Crippen LogP contribution in [0.25, 0.3) is 11.3 Å². The largest absolute Gasteiger partial charge is 0.343 e. The third-order valence-electron chi connectivity index (χ3n) is 7.21. The lowest BCUT2D eigenvalue weighted by Crippen LogP contribution is -2.45. The van der Waals surface area contributed by atoms with Gasteiger partial charge >= 0.3 is 0 Å². The first kappa shape index (κ1) is 24.2. The molecule has 5 rings (SSSR count). The molecule has 2 aliphatic rings. The summed E-state index contributed by atoms with van der Waals surface area (Å²) in [5, 5.41) is 10.2. The van der Waals surface area contributed by atoms with E-state index in [2.05, 4.69) is 31.5 Å². The Morgan fingerprint density at radius 1 is 1.03 bits per heavy atom. The smallest absolute Gasteiger partial charge is 0.227 e. The van der Waals surface area contributed by atoms with E-state index in [-0.39, 0.29) is 18.2 Å². The van der Waals surface area contributed by atoms with E-state index in [1.54, 1.807) is 0 Å². The number of benzene rings is 1. The highest BCUT2D eigenvalue weighted by atomic mass is 16.5. The molecule has 3 heterocycles. The first-order valence-electron chi connectivity index (χ1n) is 13.1. The number of fused-ring (bicyclic) bond motifs is 1. The second-order valence-corrected chi connectivity index (χ2v) is 10.0. The third kappa shape index (κ3) is 5.50. The molecule has 9 nitrogen and oxygen atoms in total. The number of anilines is 1. The molecule has 1 aliphatic carbocycles. The predicted octanol–water partition coefficient (Wildman–Crippen LogP) is 4.53. The van der Waals surface area contributed by atoms with Crippen LogP contribution in [-0.2, 0) is 34.5 Å². The first-order valence-corrected chi connectivity index (χ1v) is 13.1. The molecule has 0 saturated heterocycles. The standard InChI is InChI=1S/C27H34N6O3/c1-19(34)31-27(15-5-2-3-6-16-27)26-30-25(36-32-26)14-13-24(35)28-21-11-9-20(10-12-21)22-18-33-17-7-4-8-23(33)29-22/h9-12,18H,2-8,13-17H2,1H3,(H,28,35)(H,31,34). The zero-order valence-corrected chi connectivity index (χ0v) is 20.9. The topological polar surface area (TPSA) is 115 Å². The normalized spacial score (nSPS) is 17.1. The summed E-state index contributed by atoms with van der Waals surface area (Å²) in [5.41, 5.74) is 2.17. The second-order valence-electron chi connectivity index (χ2n) is 10.0. The van der Waals surface area contributed by atoms with Gasteiger partial charge in [0.2, 0.25) is 17.7 Å². The highest BCUT2D eigenvalue weighted by molar-refractivity contribution is 5.91. The lowest BCUT2D eigenvalue weighted by molar-refractivity contribution is -0.121. The SMILES string of the molecule is CC(=O)NC1(c2noc(CCC(=O)Nc3ccc(-c4cn5c(n4)CCCC5)cc3)n2)CCCCCC1. The molecule has 1 aliphatic heterocycles. The molecule has 2 aromatic heterocycles. The maximum atomic E-state index is 12.6. The van der Waals surface area contributed by atoms with Gasteiger partial charge in [-0.05, 0) is 37.8 Å². The summed E-state index contributed by atoms with van der Waals surface area (Å²) < 4.78 is 7.71. The van der Waals surface area contributed by atoms with Crippen LogP contribution in [0.4, 0.5) is 5.69 Å². The van der Waals surface area contributed by atoms with Crippen molar-refractivity contribution in [2.75, 3.05) is 5.32 Å². The molecule has 1 fully saturated rings. The number of carbonyl (C=O) groups is 2. The van der Waals surface area contributed by atoms with E-state index in [9.17, 15) is 9.59 Å². The van der Waals surface area contributed by atoms with Gasteiger partial charge in [0, 0.05) is 50.2 Å². The van der Waals surface area contributed by atoms with Gasteiger partial charge in [-0.25, -0.2) is 4.98 Å². The van der Waals surface area contributed by atoms with Crippen molar-refractivity contribution in [3.05, 3.63) is 48.0 Å². The Morgan fingerprint density at radius 2 is 1.81 bits per heavy atom. The van der Waals surface area contributed by atoms with Crippen molar-refractivity contribution in [2.24, 2.45) is 0 Å². The fourth-order valence-corrected chi connectivity index (χ4v) is 5.34. The lowest BCUT2D eigenvalue weighted by atomic mass is 9.89. The summed E-state index contributed by atoms with van der Waals surface area (Å²) in [5.74, 6) is 1.87. The van der Waals surface area contributed by atoms with Gasteiger partial charge in [-0.1, -0.05) is 43.0 Å². The number of aryl methyl sites for hydroxylation is 3. The minimum absolute atomic E-state index is 0.0962. The van der Waals surface area contributed by atoms with E-state index in [0.717, 1.165) is 74.3 Å². The quantitative estimate of drug-likeness (QED) is 0.471. The van der Waals surface area contributed by atoms with Gasteiger partial charge in [-0.15, -0.1) is 0 Å². The van der Waals surface area contributed by atoms with Crippen molar-refractivity contribution in [3.8, 4) is 11.3 Å². The molecule has 1 aromatic carbocycles. The van der Waals surface area contributed by atoms with Gasteiger partial charge in [0.05, 0.1) is 5.69 Å². The average Bonchev–Trinajstić information content (AvgIpc) is 3.46. The Morgan fingerprint density at radius 3 is 2.53 bits per heavy atom. The van der Waals surface area contributed by atoms with Gasteiger partial charge in [0.15, 0.2) is 5.82 Å². The Labute approximate surface area is 211 Å². The van der Waals surface area contributed by atoms with Crippen LogP contribution in [0.15, 0.2) is 35.0 Å². The average molecular weight is 491 g/mol. The summed E-state index contributed by atoms with van der Waals surface area (Å²) in [6.45, 7) is 2.56. The monoisotopic (exact) mass is 490 g/mol. The number of aromatic nitrogens is 4. The lowest BCUT2D eigenvalue weighted by Gasteiger charge is -2.30. The molecule has 9 heteroatoms. The van der Waals surface area contributed by atoms with Crippen molar-refractivity contribution in [1.29, 1.82) is 0 Å². The predicted molar refractivity (Wildman–Crippen MR) is 135 cm³/mol. The second kappa shape index (κ2) is 10.6. The molecule has 0 atom stereocenters. The van der Waals surface area contributed by atoms with Gasteiger partial charge < -0.3 is 19.7 Å². The number of nitrogens with one attached hydrogen (secondary N) is 2. The van der Waals surface area contributed by atoms with E-state index in [1.807, 2.05) is 24.3 Å². The number of carbonyl (C=O) groups excluding carboxylic acids is 2. The van der Waals surface area contributed by atoms with Gasteiger partial charge in [0.1, 0.15) is 11.4 Å². The molecule has 36 heavy (non-hydrogen) atoms. The van der Waals surface area contributed by atoms with Crippen LogP contribution in [-0.4, -0.2) is 31.5 Å². The van der Waals surface area contributed by atoms with Crippen LogP contribution >= 0.6 is 0 Å². The van der Waals surface area contributed by atoms with Crippen molar-refractivity contribution in [1.82, 2.24) is 25.0 Å². The molecule has 0 radical (unpaired) electrons.